The minimum Gasteiger partial charge on any atom is -0.409 e. The molecule has 0 radical (unpaired) electrons. The van der Waals surface area contributed by atoms with Gasteiger partial charge in [-0.15, -0.1) is 0 Å². The summed E-state index contributed by atoms with van der Waals surface area (Å²) in [6.07, 6.45) is 2.00. The van der Waals surface area contributed by atoms with Gasteiger partial charge in [0.05, 0.1) is 11.5 Å². The van der Waals surface area contributed by atoms with Crippen molar-refractivity contribution in [3.8, 4) is 0 Å². The number of nitrogens with zero attached hydrogens (tertiary/aromatic N) is 1. The van der Waals surface area contributed by atoms with Crippen molar-refractivity contribution in [3.63, 3.8) is 0 Å². The maximum absolute atomic E-state index is 12.3. The van der Waals surface area contributed by atoms with E-state index in [1.807, 2.05) is 33.8 Å². The molecule has 20 heavy (non-hydrogen) atoms. The third-order valence-electron chi connectivity index (χ3n) is 4.45. The van der Waals surface area contributed by atoms with Crippen LogP contribution in [0.25, 0.3) is 0 Å². The monoisotopic (exact) mass is 271 g/mol. The molecule has 2 aliphatic heterocycles. The number of hydrogen-bond donors (Lipinski definition) is 0. The molecule has 0 aliphatic carbocycles. The number of anilines is 1. The molecule has 1 unspecified atom stereocenters. The second kappa shape index (κ2) is 4.37. The lowest BCUT2D eigenvalue weighted by Gasteiger charge is -2.49. The average Bonchev–Trinajstić information content (AvgIpc) is 2.42. The number of allylic oxidation sites excluding steroid dienone is 1. The van der Waals surface area contributed by atoms with Crippen LogP contribution in [0.4, 0.5) is 5.69 Å². The van der Waals surface area contributed by atoms with Crippen LogP contribution in [0.5, 0.6) is 0 Å². The quantitative estimate of drug-likeness (QED) is 0.675. The molecule has 3 rings (SSSR count). The van der Waals surface area contributed by atoms with Gasteiger partial charge in [0, 0.05) is 5.69 Å². The molecule has 0 amide bonds. The van der Waals surface area contributed by atoms with E-state index in [9.17, 15) is 4.79 Å². The molecule has 3 heteroatoms. The standard InChI is InChI=1S/C17H21NO2/c1-11(2)15-18-13-8-6-5-7-12(13)9-10-14(18)17(3,4)16(19)20-15/h5-8,14H,9-10H2,1-4H3. The second-order valence-electron chi connectivity index (χ2n) is 6.47. The second-order valence-corrected chi connectivity index (χ2v) is 6.47. The molecule has 1 saturated heterocycles. The molecule has 0 spiro atoms. The summed E-state index contributed by atoms with van der Waals surface area (Å²) in [6.45, 7) is 7.97. The summed E-state index contributed by atoms with van der Waals surface area (Å²) in [6, 6.07) is 8.58. The van der Waals surface area contributed by atoms with Gasteiger partial charge in [-0.2, -0.15) is 0 Å². The minimum absolute atomic E-state index is 0.116. The SMILES string of the molecule is CC(C)=C1OC(=O)C(C)(C)C2CCc3ccccc3N12. The number of para-hydroxylation sites is 1. The number of benzene rings is 1. The molecule has 106 valence electrons. The van der Waals surface area contributed by atoms with E-state index in [1.54, 1.807) is 0 Å². The van der Waals surface area contributed by atoms with Crippen molar-refractivity contribution in [3.05, 3.63) is 41.3 Å². The number of carbonyl (C=O) groups is 1. The minimum atomic E-state index is -0.480. The Morgan fingerprint density at radius 3 is 2.70 bits per heavy atom. The van der Waals surface area contributed by atoms with Gasteiger partial charge in [-0.05, 0) is 57.7 Å². The summed E-state index contributed by atoms with van der Waals surface area (Å²) in [5.41, 5.74) is 3.07. The number of aryl methyl sites for hydroxylation is 1. The molecule has 0 N–H and O–H groups in total. The summed E-state index contributed by atoms with van der Waals surface area (Å²) in [5, 5.41) is 0. The van der Waals surface area contributed by atoms with E-state index < -0.39 is 5.41 Å². The first-order valence-electron chi connectivity index (χ1n) is 7.20. The summed E-state index contributed by atoms with van der Waals surface area (Å²) in [7, 11) is 0. The Kier molecular flexibility index (Phi) is 2.89. The van der Waals surface area contributed by atoms with Crippen molar-refractivity contribution in [1.82, 2.24) is 0 Å². The van der Waals surface area contributed by atoms with Crippen LogP contribution in [0.15, 0.2) is 35.7 Å². The number of rotatable bonds is 0. The lowest BCUT2D eigenvalue weighted by atomic mass is 9.76. The van der Waals surface area contributed by atoms with Crippen molar-refractivity contribution in [2.75, 3.05) is 4.90 Å². The van der Waals surface area contributed by atoms with Gasteiger partial charge in [-0.25, -0.2) is 0 Å². The van der Waals surface area contributed by atoms with Gasteiger partial charge in [-0.1, -0.05) is 18.2 Å². The summed E-state index contributed by atoms with van der Waals surface area (Å²) < 4.78 is 5.66. The Labute approximate surface area is 120 Å². The zero-order chi connectivity index (χ0) is 14.5. The molecule has 3 nitrogen and oxygen atoms in total. The molecule has 1 aromatic carbocycles. The highest BCUT2D eigenvalue weighted by Gasteiger charge is 2.49. The molecule has 0 saturated carbocycles. The maximum Gasteiger partial charge on any atom is 0.320 e. The van der Waals surface area contributed by atoms with Gasteiger partial charge in [0.2, 0.25) is 5.88 Å². The molecule has 1 fully saturated rings. The van der Waals surface area contributed by atoms with Crippen molar-refractivity contribution < 1.29 is 9.53 Å². The molecular weight excluding hydrogens is 250 g/mol. The Morgan fingerprint density at radius 1 is 1.30 bits per heavy atom. The van der Waals surface area contributed by atoms with E-state index >= 15 is 0 Å². The Bertz CT molecular complexity index is 597. The van der Waals surface area contributed by atoms with Crippen molar-refractivity contribution >= 4 is 11.7 Å². The maximum atomic E-state index is 12.3. The molecule has 2 heterocycles. The first kappa shape index (κ1) is 13.2. The molecule has 0 bridgehead atoms. The van der Waals surface area contributed by atoms with Crippen LogP contribution < -0.4 is 4.90 Å². The number of esters is 1. The Balaban J connectivity index is 2.19. The number of carbonyl (C=O) groups excluding carboxylic acids is 1. The van der Waals surface area contributed by atoms with Gasteiger partial charge < -0.3 is 9.64 Å². The normalized spacial score (nSPS) is 23.8. The highest BCUT2D eigenvalue weighted by molar-refractivity contribution is 5.82. The van der Waals surface area contributed by atoms with Crippen LogP contribution in [0.1, 0.15) is 39.7 Å². The first-order chi connectivity index (χ1) is 9.43. The predicted molar refractivity (Wildman–Crippen MR) is 79.3 cm³/mol. The van der Waals surface area contributed by atoms with Gasteiger partial charge >= 0.3 is 5.97 Å². The largest absolute Gasteiger partial charge is 0.409 e. The number of ether oxygens (including phenoxy) is 1. The molecule has 2 aliphatic rings. The van der Waals surface area contributed by atoms with Crippen LogP contribution in [0.3, 0.4) is 0 Å². The lowest BCUT2D eigenvalue weighted by Crippen LogP contribution is -2.56. The van der Waals surface area contributed by atoms with Crippen molar-refractivity contribution in [2.45, 2.75) is 46.6 Å². The number of fused-ring (bicyclic) bond motifs is 3. The average molecular weight is 271 g/mol. The Morgan fingerprint density at radius 2 is 2.00 bits per heavy atom. The van der Waals surface area contributed by atoms with E-state index in [-0.39, 0.29) is 12.0 Å². The van der Waals surface area contributed by atoms with E-state index in [0.29, 0.717) is 5.88 Å². The zero-order valence-corrected chi connectivity index (χ0v) is 12.6. The van der Waals surface area contributed by atoms with Crippen molar-refractivity contribution in [2.24, 2.45) is 5.41 Å². The van der Waals surface area contributed by atoms with Crippen LogP contribution in [0.2, 0.25) is 0 Å². The third-order valence-corrected chi connectivity index (χ3v) is 4.45. The first-order valence-corrected chi connectivity index (χ1v) is 7.20. The van der Waals surface area contributed by atoms with E-state index in [2.05, 4.69) is 23.1 Å². The smallest absolute Gasteiger partial charge is 0.320 e. The van der Waals surface area contributed by atoms with Crippen LogP contribution in [-0.2, 0) is 16.0 Å². The van der Waals surface area contributed by atoms with Crippen LogP contribution in [0, 0.1) is 5.41 Å². The van der Waals surface area contributed by atoms with Gasteiger partial charge in [-0.3, -0.25) is 4.79 Å². The molecule has 1 aromatic rings. The fourth-order valence-corrected chi connectivity index (χ4v) is 3.23. The van der Waals surface area contributed by atoms with Crippen molar-refractivity contribution in [1.29, 1.82) is 0 Å². The fourth-order valence-electron chi connectivity index (χ4n) is 3.23. The lowest BCUT2D eigenvalue weighted by molar-refractivity contribution is -0.155. The highest BCUT2D eigenvalue weighted by Crippen LogP contribution is 2.45. The third kappa shape index (κ3) is 1.76. The van der Waals surface area contributed by atoms with Crippen LogP contribution >= 0.6 is 0 Å². The van der Waals surface area contributed by atoms with Crippen LogP contribution in [-0.4, -0.2) is 12.0 Å². The molecule has 0 aromatic heterocycles. The zero-order valence-electron chi connectivity index (χ0n) is 12.6. The molecular formula is C17H21NO2. The Hall–Kier alpha value is -1.77. The van der Waals surface area contributed by atoms with E-state index in [1.165, 1.54) is 11.3 Å². The topological polar surface area (TPSA) is 29.5 Å². The molecule has 1 atom stereocenters. The highest BCUT2D eigenvalue weighted by atomic mass is 16.6. The summed E-state index contributed by atoms with van der Waals surface area (Å²) >= 11 is 0. The number of hydrogen-bond acceptors (Lipinski definition) is 3. The van der Waals surface area contributed by atoms with E-state index in [4.69, 9.17) is 4.74 Å². The predicted octanol–water partition coefficient (Wildman–Crippen LogP) is 3.64. The van der Waals surface area contributed by atoms with Gasteiger partial charge in [0.25, 0.3) is 0 Å². The van der Waals surface area contributed by atoms with E-state index in [0.717, 1.165) is 18.4 Å². The van der Waals surface area contributed by atoms with Gasteiger partial charge in [0.15, 0.2) is 0 Å². The number of cyclic esters (lactones) is 1. The summed E-state index contributed by atoms with van der Waals surface area (Å²) in [5.74, 6) is 0.598. The fraction of sp³-hybridized carbons (Fsp3) is 0.471. The summed E-state index contributed by atoms with van der Waals surface area (Å²) in [4.78, 5) is 14.5. The van der Waals surface area contributed by atoms with Gasteiger partial charge in [0.1, 0.15) is 0 Å².